The van der Waals surface area contributed by atoms with Crippen LogP contribution in [0.25, 0.3) is 0 Å². The Labute approximate surface area is 123 Å². The van der Waals surface area contributed by atoms with Crippen LogP contribution in [0.3, 0.4) is 0 Å². The van der Waals surface area contributed by atoms with Crippen molar-refractivity contribution in [1.82, 2.24) is 5.32 Å². The number of hydrogen-bond donors (Lipinski definition) is 2. The Morgan fingerprint density at radius 3 is 2.65 bits per heavy atom. The smallest absolute Gasteiger partial charge is 0.311 e. The molecule has 2 N–H and O–H groups in total. The predicted octanol–water partition coefficient (Wildman–Crippen LogP) is 2.64. The van der Waals surface area contributed by atoms with E-state index in [-0.39, 0.29) is 18.4 Å². The Kier molecular flexibility index (Phi) is 4.33. The first-order valence-corrected chi connectivity index (χ1v) is 7.07. The molecule has 0 saturated heterocycles. The van der Waals surface area contributed by atoms with Gasteiger partial charge in [0.15, 0.2) is 0 Å². The molecule has 108 valence electrons. The highest BCUT2D eigenvalue weighted by atomic mass is 35.5. The number of hydrogen-bond acceptors (Lipinski definition) is 2. The van der Waals surface area contributed by atoms with E-state index in [1.165, 1.54) is 0 Å². The molecule has 0 radical (unpaired) electrons. The van der Waals surface area contributed by atoms with Gasteiger partial charge < -0.3 is 10.4 Å². The normalized spacial score (nSPS) is 25.4. The van der Waals surface area contributed by atoms with Crippen LogP contribution in [0.15, 0.2) is 24.3 Å². The summed E-state index contributed by atoms with van der Waals surface area (Å²) in [6.45, 7) is 1.70. The quantitative estimate of drug-likeness (QED) is 0.897. The van der Waals surface area contributed by atoms with E-state index >= 15 is 0 Å². The zero-order valence-electron chi connectivity index (χ0n) is 11.4. The molecule has 1 aliphatic carbocycles. The molecular weight excluding hydrogens is 278 g/mol. The Bertz CT molecular complexity index is 514. The minimum absolute atomic E-state index is 0.147. The van der Waals surface area contributed by atoms with Gasteiger partial charge in [0.1, 0.15) is 0 Å². The first-order valence-electron chi connectivity index (χ1n) is 6.69. The number of carboxylic acids is 1. The van der Waals surface area contributed by atoms with E-state index in [4.69, 9.17) is 11.6 Å². The third kappa shape index (κ3) is 3.12. The van der Waals surface area contributed by atoms with Gasteiger partial charge in [-0.25, -0.2) is 0 Å². The molecule has 2 rings (SSSR count). The number of nitrogens with one attached hydrogen (secondary N) is 1. The molecule has 5 heteroatoms. The fourth-order valence-corrected chi connectivity index (χ4v) is 2.81. The molecule has 1 amide bonds. The summed E-state index contributed by atoms with van der Waals surface area (Å²) < 4.78 is 0. The first-order chi connectivity index (χ1) is 9.41. The second-order valence-corrected chi connectivity index (χ2v) is 5.97. The van der Waals surface area contributed by atoms with Crippen LogP contribution in [0, 0.1) is 5.41 Å². The van der Waals surface area contributed by atoms with E-state index in [1.54, 1.807) is 31.2 Å². The highest BCUT2D eigenvalue weighted by molar-refractivity contribution is 6.30. The molecular formula is C15H18ClNO3. The largest absolute Gasteiger partial charge is 0.481 e. The SMILES string of the molecule is CC1(C(=O)O)CCCC1NC(=O)Cc1ccc(Cl)cc1. The Balaban J connectivity index is 1.98. The molecule has 0 aromatic heterocycles. The van der Waals surface area contributed by atoms with Crippen LogP contribution in [0.5, 0.6) is 0 Å². The topological polar surface area (TPSA) is 66.4 Å². The summed E-state index contributed by atoms with van der Waals surface area (Å²) in [5, 5.41) is 12.8. The van der Waals surface area contributed by atoms with Crippen LogP contribution in [-0.2, 0) is 16.0 Å². The lowest BCUT2D eigenvalue weighted by Gasteiger charge is -2.27. The molecule has 0 aliphatic heterocycles. The van der Waals surface area contributed by atoms with Crippen molar-refractivity contribution < 1.29 is 14.7 Å². The number of carbonyl (C=O) groups is 2. The number of carbonyl (C=O) groups excluding carboxylic acids is 1. The molecule has 0 bridgehead atoms. The van der Waals surface area contributed by atoms with Gasteiger partial charge in [-0.05, 0) is 37.5 Å². The van der Waals surface area contributed by atoms with Crippen LogP contribution in [0.2, 0.25) is 5.02 Å². The Morgan fingerprint density at radius 1 is 1.40 bits per heavy atom. The maximum absolute atomic E-state index is 12.0. The van der Waals surface area contributed by atoms with Crippen LogP contribution < -0.4 is 5.32 Å². The Morgan fingerprint density at radius 2 is 2.05 bits per heavy atom. The van der Waals surface area contributed by atoms with E-state index in [0.717, 1.165) is 18.4 Å². The van der Waals surface area contributed by atoms with Gasteiger partial charge in [0.2, 0.25) is 5.91 Å². The zero-order valence-corrected chi connectivity index (χ0v) is 12.1. The van der Waals surface area contributed by atoms with Gasteiger partial charge in [-0.1, -0.05) is 30.2 Å². The molecule has 4 nitrogen and oxygen atoms in total. The van der Waals surface area contributed by atoms with Gasteiger partial charge in [0.05, 0.1) is 11.8 Å². The predicted molar refractivity (Wildman–Crippen MR) is 76.7 cm³/mol. The van der Waals surface area contributed by atoms with Gasteiger partial charge in [-0.15, -0.1) is 0 Å². The summed E-state index contributed by atoms with van der Waals surface area (Å²) in [6.07, 6.45) is 2.39. The summed E-state index contributed by atoms with van der Waals surface area (Å²) in [7, 11) is 0. The lowest BCUT2D eigenvalue weighted by Crippen LogP contribution is -2.47. The van der Waals surface area contributed by atoms with Crippen LogP contribution >= 0.6 is 11.6 Å². The van der Waals surface area contributed by atoms with Crippen molar-refractivity contribution in [1.29, 1.82) is 0 Å². The van der Waals surface area contributed by atoms with Gasteiger partial charge in [-0.2, -0.15) is 0 Å². The molecule has 1 saturated carbocycles. The average molecular weight is 296 g/mol. The molecule has 1 aromatic carbocycles. The molecule has 0 spiro atoms. The lowest BCUT2D eigenvalue weighted by molar-refractivity contribution is -0.149. The third-order valence-corrected chi connectivity index (χ3v) is 4.31. The summed E-state index contributed by atoms with van der Waals surface area (Å²) in [4.78, 5) is 23.4. The number of rotatable bonds is 4. The van der Waals surface area contributed by atoms with Crippen molar-refractivity contribution in [2.24, 2.45) is 5.41 Å². The summed E-state index contributed by atoms with van der Waals surface area (Å²) in [6, 6.07) is 6.78. The fourth-order valence-electron chi connectivity index (χ4n) is 2.69. The molecule has 0 heterocycles. The average Bonchev–Trinajstić information content (AvgIpc) is 2.75. The zero-order chi connectivity index (χ0) is 14.8. The summed E-state index contributed by atoms with van der Waals surface area (Å²) in [5.41, 5.74) is 0.0114. The van der Waals surface area contributed by atoms with E-state index in [2.05, 4.69) is 5.32 Å². The first kappa shape index (κ1) is 14.9. The maximum atomic E-state index is 12.0. The Hall–Kier alpha value is -1.55. The highest BCUT2D eigenvalue weighted by Gasteiger charge is 2.45. The van der Waals surface area contributed by atoms with Crippen LogP contribution in [0.1, 0.15) is 31.7 Å². The lowest BCUT2D eigenvalue weighted by atomic mass is 9.85. The fraction of sp³-hybridized carbons (Fsp3) is 0.467. The van der Waals surface area contributed by atoms with E-state index in [1.807, 2.05) is 0 Å². The van der Waals surface area contributed by atoms with E-state index in [9.17, 15) is 14.7 Å². The summed E-state index contributed by atoms with van der Waals surface area (Å²) in [5.74, 6) is -0.988. The number of halogens is 1. The molecule has 1 aliphatic rings. The van der Waals surface area contributed by atoms with Crippen molar-refractivity contribution in [2.75, 3.05) is 0 Å². The van der Waals surface area contributed by atoms with Crippen molar-refractivity contribution in [3.05, 3.63) is 34.9 Å². The van der Waals surface area contributed by atoms with E-state index < -0.39 is 11.4 Å². The monoisotopic (exact) mass is 295 g/mol. The van der Waals surface area contributed by atoms with Crippen molar-refractivity contribution >= 4 is 23.5 Å². The molecule has 2 atom stereocenters. The van der Waals surface area contributed by atoms with Crippen LogP contribution in [-0.4, -0.2) is 23.0 Å². The second kappa shape index (κ2) is 5.83. The van der Waals surface area contributed by atoms with Gasteiger partial charge in [0, 0.05) is 11.1 Å². The second-order valence-electron chi connectivity index (χ2n) is 5.54. The number of aliphatic carboxylic acids is 1. The van der Waals surface area contributed by atoms with E-state index in [0.29, 0.717) is 11.4 Å². The van der Waals surface area contributed by atoms with Crippen LogP contribution in [0.4, 0.5) is 0 Å². The summed E-state index contributed by atoms with van der Waals surface area (Å²) >= 11 is 5.79. The number of carboxylic acid groups (broad SMARTS) is 1. The van der Waals surface area contributed by atoms with Gasteiger partial charge >= 0.3 is 5.97 Å². The molecule has 1 fully saturated rings. The number of amides is 1. The third-order valence-electron chi connectivity index (χ3n) is 4.06. The van der Waals surface area contributed by atoms with Gasteiger partial charge in [0.25, 0.3) is 0 Å². The standard InChI is InChI=1S/C15H18ClNO3/c1-15(14(19)20)8-2-3-12(15)17-13(18)9-10-4-6-11(16)7-5-10/h4-7,12H,2-3,8-9H2,1H3,(H,17,18)(H,19,20). The van der Waals surface area contributed by atoms with Crippen molar-refractivity contribution in [3.63, 3.8) is 0 Å². The molecule has 1 aromatic rings. The van der Waals surface area contributed by atoms with Gasteiger partial charge in [-0.3, -0.25) is 9.59 Å². The number of benzene rings is 1. The minimum Gasteiger partial charge on any atom is -0.481 e. The maximum Gasteiger partial charge on any atom is 0.311 e. The minimum atomic E-state index is -0.852. The molecule has 20 heavy (non-hydrogen) atoms. The molecule has 2 unspecified atom stereocenters. The van der Waals surface area contributed by atoms with Crippen molar-refractivity contribution in [3.8, 4) is 0 Å². The highest BCUT2D eigenvalue weighted by Crippen LogP contribution is 2.38. The van der Waals surface area contributed by atoms with Crippen molar-refractivity contribution in [2.45, 2.75) is 38.6 Å².